The minimum Gasteiger partial charge on any atom is -0.496 e. The number of nitrogens with zero attached hydrogens (tertiary/aromatic N) is 3. The highest BCUT2D eigenvalue weighted by molar-refractivity contribution is 7.87. The molecule has 13 heteroatoms. The molecule has 0 aliphatic rings. The second-order valence-electron chi connectivity index (χ2n) is 8.32. The van der Waals surface area contributed by atoms with Crippen molar-refractivity contribution < 1.29 is 32.7 Å². The molecule has 38 heavy (non-hydrogen) atoms. The second kappa shape index (κ2) is 12.8. The lowest BCUT2D eigenvalue weighted by Gasteiger charge is -2.23. The molecule has 204 valence electrons. The normalized spacial score (nSPS) is 11.2. The Balaban J connectivity index is 1.86. The van der Waals surface area contributed by atoms with Crippen LogP contribution in [-0.4, -0.2) is 67.4 Å². The van der Waals surface area contributed by atoms with Crippen molar-refractivity contribution in [3.8, 4) is 11.5 Å². The minimum absolute atomic E-state index is 0.0960. The molecule has 0 saturated carbocycles. The molecule has 1 aromatic heterocycles. The predicted molar refractivity (Wildman–Crippen MR) is 142 cm³/mol. The number of amides is 2. The third-order valence-electron chi connectivity index (χ3n) is 5.88. The number of thiazole rings is 1. The lowest BCUT2D eigenvalue weighted by Crippen LogP contribution is -2.40. The standard InChI is InChI=1S/C25H30N4O7S2/c1-17-21(35-3)13-19(14-22(17)36-4)24(30)29(12-8-11-18-9-6-5-7-10-18)15-23-26-20(16-37-23)25(31)28(2)38(33,34)27-32/h5-7,9-10,13-14,16,27,32H,8,11-12,15H2,1-4H3. The number of hydrogen-bond donors (Lipinski definition) is 2. The van der Waals surface area contributed by atoms with E-state index in [1.54, 1.807) is 17.0 Å². The first-order chi connectivity index (χ1) is 18.1. The lowest BCUT2D eigenvalue weighted by molar-refractivity contribution is 0.0740. The molecule has 3 aromatic rings. The van der Waals surface area contributed by atoms with Crippen LogP contribution < -0.4 is 14.4 Å². The highest BCUT2D eigenvalue weighted by Crippen LogP contribution is 2.30. The maximum atomic E-state index is 13.7. The zero-order valence-electron chi connectivity index (χ0n) is 21.5. The third kappa shape index (κ3) is 6.86. The van der Waals surface area contributed by atoms with Crippen molar-refractivity contribution in [3.05, 3.63) is 75.2 Å². The largest absolute Gasteiger partial charge is 0.496 e. The zero-order valence-corrected chi connectivity index (χ0v) is 23.1. The fourth-order valence-electron chi connectivity index (χ4n) is 3.74. The van der Waals surface area contributed by atoms with Gasteiger partial charge < -0.3 is 19.6 Å². The monoisotopic (exact) mass is 562 g/mol. The molecule has 11 nitrogen and oxygen atoms in total. The van der Waals surface area contributed by atoms with Gasteiger partial charge in [-0.25, -0.2) is 9.29 Å². The summed E-state index contributed by atoms with van der Waals surface area (Å²) >= 11 is 1.12. The summed E-state index contributed by atoms with van der Waals surface area (Å²) in [5, 5.41) is 10.6. The lowest BCUT2D eigenvalue weighted by atomic mass is 10.1. The van der Waals surface area contributed by atoms with Crippen molar-refractivity contribution in [2.75, 3.05) is 27.8 Å². The maximum Gasteiger partial charge on any atom is 0.325 e. The van der Waals surface area contributed by atoms with E-state index in [4.69, 9.17) is 14.7 Å². The van der Waals surface area contributed by atoms with Gasteiger partial charge in [0.25, 0.3) is 11.8 Å². The molecule has 0 unspecified atom stereocenters. The molecule has 0 spiro atoms. The summed E-state index contributed by atoms with van der Waals surface area (Å²) in [7, 11) is -0.363. The van der Waals surface area contributed by atoms with Crippen LogP contribution in [0.2, 0.25) is 0 Å². The molecule has 2 aromatic carbocycles. The number of carbonyl (C=O) groups is 2. The molecule has 2 N–H and O–H groups in total. The molecule has 3 rings (SSSR count). The molecular weight excluding hydrogens is 532 g/mol. The molecule has 0 radical (unpaired) electrons. The van der Waals surface area contributed by atoms with Gasteiger partial charge in [-0.15, -0.1) is 11.3 Å². The van der Waals surface area contributed by atoms with Crippen LogP contribution in [0, 0.1) is 6.92 Å². The Morgan fingerprint density at radius 2 is 1.71 bits per heavy atom. The highest BCUT2D eigenvalue weighted by atomic mass is 32.2. The van der Waals surface area contributed by atoms with E-state index in [-0.39, 0.29) is 18.1 Å². The van der Waals surface area contributed by atoms with E-state index in [0.29, 0.717) is 39.3 Å². The Labute approximate surface area is 225 Å². The van der Waals surface area contributed by atoms with Crippen LogP contribution in [0.15, 0.2) is 47.8 Å². The molecule has 0 bridgehead atoms. The number of rotatable bonds is 12. The number of ether oxygens (including phenoxy) is 2. The molecular formula is C25H30N4O7S2. The van der Waals surface area contributed by atoms with E-state index in [1.807, 2.05) is 37.3 Å². The number of benzene rings is 2. The molecule has 0 saturated heterocycles. The Morgan fingerprint density at radius 1 is 1.08 bits per heavy atom. The van der Waals surface area contributed by atoms with Crippen molar-refractivity contribution >= 4 is 33.4 Å². The average Bonchev–Trinajstić information content (AvgIpc) is 3.40. The van der Waals surface area contributed by atoms with Gasteiger partial charge in [0, 0.05) is 30.1 Å². The average molecular weight is 563 g/mol. The van der Waals surface area contributed by atoms with Crippen LogP contribution in [0.4, 0.5) is 0 Å². The number of carbonyl (C=O) groups excluding carboxylic acids is 2. The molecule has 2 amide bonds. The summed E-state index contributed by atoms with van der Waals surface area (Å²) in [6.45, 7) is 2.33. The van der Waals surface area contributed by atoms with Gasteiger partial charge in [-0.05, 0) is 37.5 Å². The summed E-state index contributed by atoms with van der Waals surface area (Å²) in [6, 6.07) is 13.2. The number of hydrogen-bond acceptors (Lipinski definition) is 9. The van der Waals surface area contributed by atoms with Crippen LogP contribution in [0.25, 0.3) is 0 Å². The van der Waals surface area contributed by atoms with Crippen LogP contribution in [0.3, 0.4) is 0 Å². The number of aryl methyl sites for hydroxylation is 1. The van der Waals surface area contributed by atoms with Gasteiger partial charge in [-0.3, -0.25) is 9.59 Å². The molecule has 0 atom stereocenters. The van der Waals surface area contributed by atoms with Crippen molar-refractivity contribution in [1.29, 1.82) is 0 Å². The van der Waals surface area contributed by atoms with E-state index < -0.39 is 16.1 Å². The quantitative estimate of drug-likeness (QED) is 0.321. The van der Waals surface area contributed by atoms with Crippen LogP contribution in [0.1, 0.15) is 43.4 Å². The van der Waals surface area contributed by atoms with E-state index in [9.17, 15) is 18.0 Å². The Bertz CT molecular complexity index is 1350. The number of aromatic nitrogens is 1. The van der Waals surface area contributed by atoms with E-state index in [0.717, 1.165) is 40.8 Å². The topological polar surface area (TPSA) is 138 Å². The van der Waals surface area contributed by atoms with E-state index in [1.165, 1.54) is 19.6 Å². The van der Waals surface area contributed by atoms with Gasteiger partial charge in [0.15, 0.2) is 0 Å². The SMILES string of the molecule is COc1cc(C(=O)N(CCCc2ccccc2)Cc2nc(C(=O)N(C)S(=O)(=O)NO)cs2)cc(OC)c1C. The third-order valence-corrected chi connectivity index (χ3v) is 7.83. The van der Waals surface area contributed by atoms with Crippen molar-refractivity contribution in [2.24, 2.45) is 0 Å². The summed E-state index contributed by atoms with van der Waals surface area (Å²) < 4.78 is 34.7. The fourth-order valence-corrected chi connectivity index (χ4v) is 4.96. The Morgan fingerprint density at radius 3 is 2.29 bits per heavy atom. The molecule has 0 aliphatic heterocycles. The molecule has 0 fully saturated rings. The van der Waals surface area contributed by atoms with Gasteiger partial charge in [0.1, 0.15) is 22.2 Å². The van der Waals surface area contributed by atoms with Crippen LogP contribution in [-0.2, 0) is 23.2 Å². The first kappa shape index (κ1) is 29.0. The van der Waals surface area contributed by atoms with Crippen molar-refractivity contribution in [1.82, 2.24) is 19.1 Å². The highest BCUT2D eigenvalue weighted by Gasteiger charge is 2.27. The van der Waals surface area contributed by atoms with Gasteiger partial charge in [0.05, 0.1) is 20.8 Å². The summed E-state index contributed by atoms with van der Waals surface area (Å²) in [6.07, 6.45) is 1.43. The summed E-state index contributed by atoms with van der Waals surface area (Å²) in [4.78, 5) is 33.2. The minimum atomic E-state index is -4.40. The van der Waals surface area contributed by atoms with Gasteiger partial charge in [0.2, 0.25) is 0 Å². The summed E-state index contributed by atoms with van der Waals surface area (Å²) in [5.41, 5.74) is 2.16. The predicted octanol–water partition coefficient (Wildman–Crippen LogP) is 3.04. The smallest absolute Gasteiger partial charge is 0.325 e. The first-order valence-electron chi connectivity index (χ1n) is 11.6. The fraction of sp³-hybridized carbons (Fsp3) is 0.320. The number of methoxy groups -OCH3 is 2. The molecule has 0 aliphatic carbocycles. The van der Waals surface area contributed by atoms with Crippen LogP contribution >= 0.6 is 11.3 Å². The van der Waals surface area contributed by atoms with Crippen molar-refractivity contribution in [3.63, 3.8) is 0 Å². The van der Waals surface area contributed by atoms with Crippen LogP contribution in [0.5, 0.6) is 11.5 Å². The van der Waals surface area contributed by atoms with Crippen molar-refractivity contribution in [2.45, 2.75) is 26.3 Å². The Hall–Kier alpha value is -3.52. The zero-order chi connectivity index (χ0) is 27.9. The van der Waals surface area contributed by atoms with E-state index >= 15 is 0 Å². The van der Waals surface area contributed by atoms with Gasteiger partial charge in [-0.1, -0.05) is 35.2 Å². The van der Waals surface area contributed by atoms with E-state index in [2.05, 4.69) is 4.98 Å². The molecule has 1 heterocycles. The van der Waals surface area contributed by atoms with Gasteiger partial charge >= 0.3 is 10.2 Å². The Kier molecular flexibility index (Phi) is 9.80. The maximum absolute atomic E-state index is 13.7. The summed E-state index contributed by atoms with van der Waals surface area (Å²) in [5.74, 6) is -0.174. The second-order valence-corrected chi connectivity index (χ2v) is 10.9. The van der Waals surface area contributed by atoms with Gasteiger partial charge in [-0.2, -0.15) is 8.42 Å². The first-order valence-corrected chi connectivity index (χ1v) is 13.9. The number of nitrogens with one attached hydrogen (secondary N) is 1.